The number of aryl methyl sites for hydroxylation is 1. The Morgan fingerprint density at radius 1 is 1.29 bits per heavy atom. The molecule has 14 heavy (non-hydrogen) atoms. The highest BCUT2D eigenvalue weighted by atomic mass is 32.2. The van der Waals surface area contributed by atoms with Crippen molar-refractivity contribution in [2.75, 3.05) is 11.5 Å². The van der Waals surface area contributed by atoms with Crippen LogP contribution in [0.25, 0.3) is 0 Å². The van der Waals surface area contributed by atoms with E-state index in [0.29, 0.717) is 5.92 Å². The Balaban J connectivity index is 1.93. The molecule has 76 valence electrons. The van der Waals surface area contributed by atoms with Crippen LogP contribution < -0.4 is 0 Å². The Labute approximate surface area is 88.3 Å². The average molecular weight is 209 g/mol. The molecule has 0 spiro atoms. The highest BCUT2D eigenvalue weighted by molar-refractivity contribution is 7.99. The quantitative estimate of drug-likeness (QED) is 0.707. The molecular formula is C10H15N3S. The Morgan fingerprint density at radius 3 is 3.14 bits per heavy atom. The van der Waals surface area contributed by atoms with Gasteiger partial charge in [0.2, 0.25) is 0 Å². The van der Waals surface area contributed by atoms with Gasteiger partial charge in [0.15, 0.2) is 0 Å². The average Bonchev–Trinajstić information content (AvgIpc) is 2.85. The standard InChI is InChI=1S/C10H15N3S/c1-2-5-13-9(3-1)11-12-10(13)8-4-6-14-7-8/h8H,1-7H2. The van der Waals surface area contributed by atoms with Gasteiger partial charge in [-0.15, -0.1) is 10.2 Å². The molecule has 1 unspecified atom stereocenters. The van der Waals surface area contributed by atoms with Gasteiger partial charge in [-0.2, -0.15) is 11.8 Å². The van der Waals surface area contributed by atoms with Crippen molar-refractivity contribution in [2.24, 2.45) is 0 Å². The van der Waals surface area contributed by atoms with Crippen LogP contribution in [0.2, 0.25) is 0 Å². The Morgan fingerprint density at radius 2 is 2.29 bits per heavy atom. The van der Waals surface area contributed by atoms with E-state index in [4.69, 9.17) is 0 Å². The van der Waals surface area contributed by atoms with Crippen LogP contribution in [0, 0.1) is 0 Å². The number of rotatable bonds is 1. The predicted octanol–water partition coefficient (Wildman–Crippen LogP) is 1.83. The van der Waals surface area contributed by atoms with Gasteiger partial charge in [0.1, 0.15) is 11.6 Å². The summed E-state index contributed by atoms with van der Waals surface area (Å²) in [4.78, 5) is 0. The summed E-state index contributed by atoms with van der Waals surface area (Å²) >= 11 is 2.05. The van der Waals surface area contributed by atoms with Gasteiger partial charge >= 0.3 is 0 Å². The third kappa shape index (κ3) is 1.36. The minimum Gasteiger partial charge on any atom is -0.315 e. The maximum atomic E-state index is 4.38. The van der Waals surface area contributed by atoms with Gasteiger partial charge < -0.3 is 4.57 Å². The third-order valence-electron chi connectivity index (χ3n) is 3.18. The minimum atomic E-state index is 0.680. The lowest BCUT2D eigenvalue weighted by Crippen LogP contribution is -2.15. The molecule has 0 aliphatic carbocycles. The minimum absolute atomic E-state index is 0.680. The highest BCUT2D eigenvalue weighted by Crippen LogP contribution is 2.32. The molecule has 1 aromatic rings. The van der Waals surface area contributed by atoms with Crippen molar-refractivity contribution in [1.82, 2.24) is 14.8 Å². The van der Waals surface area contributed by atoms with Gasteiger partial charge in [-0.05, 0) is 25.0 Å². The van der Waals surface area contributed by atoms with Gasteiger partial charge in [-0.3, -0.25) is 0 Å². The number of fused-ring (bicyclic) bond motifs is 1. The summed E-state index contributed by atoms with van der Waals surface area (Å²) in [6.45, 7) is 1.15. The van der Waals surface area contributed by atoms with Crippen LogP contribution in [-0.2, 0) is 13.0 Å². The molecule has 1 fully saturated rings. The zero-order valence-electron chi connectivity index (χ0n) is 8.28. The first-order valence-electron chi connectivity index (χ1n) is 5.45. The first kappa shape index (κ1) is 8.77. The molecule has 0 N–H and O–H groups in total. The molecule has 2 aliphatic heterocycles. The van der Waals surface area contributed by atoms with Gasteiger partial charge in [0.25, 0.3) is 0 Å². The van der Waals surface area contributed by atoms with Crippen LogP contribution in [0.15, 0.2) is 0 Å². The van der Waals surface area contributed by atoms with E-state index >= 15 is 0 Å². The molecule has 1 atom stereocenters. The van der Waals surface area contributed by atoms with Crippen molar-refractivity contribution in [2.45, 2.75) is 38.1 Å². The number of aromatic nitrogens is 3. The normalized spacial score (nSPS) is 26.4. The lowest BCUT2D eigenvalue weighted by atomic mass is 10.1. The van der Waals surface area contributed by atoms with Crippen LogP contribution in [0.5, 0.6) is 0 Å². The molecule has 3 rings (SSSR count). The smallest absolute Gasteiger partial charge is 0.136 e. The van der Waals surface area contributed by atoms with Crippen LogP contribution >= 0.6 is 11.8 Å². The number of nitrogens with zero attached hydrogens (tertiary/aromatic N) is 3. The second-order valence-corrected chi connectivity index (χ2v) is 5.29. The van der Waals surface area contributed by atoms with Crippen LogP contribution in [0.4, 0.5) is 0 Å². The van der Waals surface area contributed by atoms with E-state index in [2.05, 4.69) is 14.8 Å². The lowest BCUT2D eigenvalue weighted by molar-refractivity contribution is 0.495. The highest BCUT2D eigenvalue weighted by Gasteiger charge is 2.25. The Hall–Kier alpha value is -0.510. The molecule has 3 heterocycles. The van der Waals surface area contributed by atoms with E-state index < -0.39 is 0 Å². The zero-order valence-corrected chi connectivity index (χ0v) is 9.09. The Kier molecular flexibility index (Phi) is 2.24. The summed E-state index contributed by atoms with van der Waals surface area (Å²) in [7, 11) is 0. The molecule has 0 bridgehead atoms. The van der Waals surface area contributed by atoms with Gasteiger partial charge in [0.05, 0.1) is 0 Å². The molecule has 0 amide bonds. The summed E-state index contributed by atoms with van der Waals surface area (Å²) in [6.07, 6.45) is 5.02. The van der Waals surface area contributed by atoms with E-state index in [1.54, 1.807) is 0 Å². The van der Waals surface area contributed by atoms with E-state index in [9.17, 15) is 0 Å². The summed E-state index contributed by atoms with van der Waals surface area (Å²) in [5.41, 5.74) is 0. The molecule has 1 aromatic heterocycles. The topological polar surface area (TPSA) is 30.7 Å². The second kappa shape index (κ2) is 3.57. The molecule has 0 radical (unpaired) electrons. The monoisotopic (exact) mass is 209 g/mol. The molecule has 2 aliphatic rings. The van der Waals surface area contributed by atoms with Crippen molar-refractivity contribution in [3.05, 3.63) is 11.6 Å². The molecule has 1 saturated heterocycles. The van der Waals surface area contributed by atoms with Crippen LogP contribution in [0.3, 0.4) is 0 Å². The zero-order chi connectivity index (χ0) is 9.38. The first-order valence-corrected chi connectivity index (χ1v) is 6.60. The van der Waals surface area contributed by atoms with Crippen LogP contribution in [-0.4, -0.2) is 26.3 Å². The van der Waals surface area contributed by atoms with Crippen molar-refractivity contribution in [1.29, 1.82) is 0 Å². The van der Waals surface area contributed by atoms with Crippen LogP contribution in [0.1, 0.15) is 36.8 Å². The van der Waals surface area contributed by atoms with Gasteiger partial charge in [0, 0.05) is 24.6 Å². The van der Waals surface area contributed by atoms with Crippen molar-refractivity contribution >= 4 is 11.8 Å². The maximum Gasteiger partial charge on any atom is 0.136 e. The SMILES string of the molecule is C1CCn2c(nnc2C2CCSC2)C1. The molecular weight excluding hydrogens is 194 g/mol. The predicted molar refractivity (Wildman–Crippen MR) is 57.6 cm³/mol. The van der Waals surface area contributed by atoms with E-state index in [1.807, 2.05) is 11.8 Å². The fourth-order valence-electron chi connectivity index (χ4n) is 2.37. The summed E-state index contributed by atoms with van der Waals surface area (Å²) in [6, 6.07) is 0. The van der Waals surface area contributed by atoms with Gasteiger partial charge in [-0.25, -0.2) is 0 Å². The molecule has 4 heteroatoms. The number of thioether (sulfide) groups is 1. The fraction of sp³-hybridized carbons (Fsp3) is 0.800. The Bertz CT molecular complexity index is 328. The third-order valence-corrected chi connectivity index (χ3v) is 4.35. The fourth-order valence-corrected chi connectivity index (χ4v) is 3.59. The van der Waals surface area contributed by atoms with Gasteiger partial charge in [-0.1, -0.05) is 0 Å². The number of hydrogen-bond donors (Lipinski definition) is 0. The van der Waals surface area contributed by atoms with Crippen molar-refractivity contribution in [3.63, 3.8) is 0 Å². The second-order valence-electron chi connectivity index (χ2n) is 4.14. The lowest BCUT2D eigenvalue weighted by Gasteiger charge is -2.16. The summed E-state index contributed by atoms with van der Waals surface area (Å²) in [5, 5.41) is 8.68. The van der Waals surface area contributed by atoms with E-state index in [0.717, 1.165) is 13.0 Å². The van der Waals surface area contributed by atoms with E-state index in [1.165, 1.54) is 42.4 Å². The van der Waals surface area contributed by atoms with Crippen molar-refractivity contribution in [3.8, 4) is 0 Å². The first-order chi connectivity index (χ1) is 6.95. The maximum absolute atomic E-state index is 4.38. The molecule has 3 nitrogen and oxygen atoms in total. The summed E-state index contributed by atoms with van der Waals surface area (Å²) < 4.78 is 2.38. The van der Waals surface area contributed by atoms with E-state index in [-0.39, 0.29) is 0 Å². The summed E-state index contributed by atoms with van der Waals surface area (Å²) in [5.74, 6) is 5.72. The molecule has 0 aromatic carbocycles. The van der Waals surface area contributed by atoms with Crippen molar-refractivity contribution < 1.29 is 0 Å². The number of hydrogen-bond acceptors (Lipinski definition) is 3. The largest absolute Gasteiger partial charge is 0.315 e. The molecule has 0 saturated carbocycles.